The molecule has 2 aromatic rings. The van der Waals surface area contributed by atoms with Gasteiger partial charge in [-0.25, -0.2) is 8.42 Å². The number of fused-ring (bicyclic) bond motifs is 2. The van der Waals surface area contributed by atoms with Crippen molar-refractivity contribution in [3.63, 3.8) is 0 Å². The van der Waals surface area contributed by atoms with Crippen LogP contribution in [0.15, 0.2) is 48.5 Å². The average molecular weight is 581 g/mol. The van der Waals surface area contributed by atoms with Crippen molar-refractivity contribution < 1.29 is 39.0 Å². The summed E-state index contributed by atoms with van der Waals surface area (Å²) < 4.78 is 35.4. The summed E-state index contributed by atoms with van der Waals surface area (Å²) in [6.07, 6.45) is 1.88. The highest BCUT2D eigenvalue weighted by Crippen LogP contribution is 2.64. The van der Waals surface area contributed by atoms with Crippen molar-refractivity contribution in [2.75, 3.05) is 5.75 Å². The highest BCUT2D eigenvalue weighted by Gasteiger charge is 2.64. The smallest absolute Gasteiger partial charge is 0.357 e. The minimum atomic E-state index is -4.33. The minimum absolute atomic E-state index is 0.0248. The third kappa shape index (κ3) is 5.21. The van der Waals surface area contributed by atoms with Crippen LogP contribution in [0.5, 0.6) is 0 Å². The van der Waals surface area contributed by atoms with Gasteiger partial charge in [-0.2, -0.15) is 0 Å². The van der Waals surface area contributed by atoms with E-state index >= 15 is 0 Å². The second kappa shape index (κ2) is 9.06. The van der Waals surface area contributed by atoms with Gasteiger partial charge >= 0.3 is 21.2 Å². The number of carbonyl (C=O) groups excluding carboxylic acids is 1. The molecule has 4 nitrogen and oxygen atoms in total. The van der Waals surface area contributed by atoms with Crippen LogP contribution in [-0.2, 0) is 14.9 Å². The molecule has 2 aliphatic carbocycles. The molecule has 2 saturated carbocycles. The predicted molar refractivity (Wildman–Crippen MR) is 113 cm³/mol. The number of benzene rings is 2. The fourth-order valence-electron chi connectivity index (χ4n) is 4.52. The monoisotopic (exact) mass is 580 g/mol. The van der Waals surface area contributed by atoms with Crippen molar-refractivity contribution in [2.24, 2.45) is 16.7 Å². The van der Waals surface area contributed by atoms with Gasteiger partial charge in [-0.1, -0.05) is 37.0 Å². The maximum absolute atomic E-state index is 11.8. The lowest BCUT2D eigenvalue weighted by atomic mass is 9.70. The number of hydrogen-bond acceptors (Lipinski definition) is 4. The molecule has 30 heavy (non-hydrogen) atoms. The van der Waals surface area contributed by atoms with Gasteiger partial charge in [0, 0.05) is 21.9 Å². The molecule has 2 fully saturated rings. The van der Waals surface area contributed by atoms with Crippen LogP contribution in [0.4, 0.5) is 0 Å². The number of carbonyl (C=O) groups is 1. The SMILES string of the molecule is CC1(C)C2CCC1(CS(=O)(=O)[O-])C(=O)C2.Clc1ccc([I+]c2ccc(Cl)cc2)cc1. The number of hydrogen-bond donors (Lipinski definition) is 0. The molecule has 0 N–H and O–H groups in total. The molecule has 0 radical (unpaired) electrons. The van der Waals surface area contributed by atoms with Crippen molar-refractivity contribution >= 4 is 39.1 Å². The van der Waals surface area contributed by atoms with Gasteiger partial charge in [0.15, 0.2) is 7.14 Å². The van der Waals surface area contributed by atoms with Gasteiger partial charge in [0.25, 0.3) is 0 Å². The van der Waals surface area contributed by atoms with Crippen LogP contribution in [0.1, 0.15) is 33.1 Å². The van der Waals surface area contributed by atoms with E-state index in [1.54, 1.807) is 0 Å². The Bertz CT molecular complexity index is 977. The zero-order valence-corrected chi connectivity index (χ0v) is 21.2. The van der Waals surface area contributed by atoms with Crippen molar-refractivity contribution in [3.8, 4) is 0 Å². The first-order valence-corrected chi connectivity index (χ1v) is 14.0. The zero-order chi connectivity index (χ0) is 22.2. The third-order valence-electron chi connectivity index (χ3n) is 6.39. The minimum Gasteiger partial charge on any atom is -0.748 e. The van der Waals surface area contributed by atoms with Crippen molar-refractivity contribution in [1.82, 2.24) is 0 Å². The van der Waals surface area contributed by atoms with E-state index in [9.17, 15) is 17.8 Å². The lowest BCUT2D eigenvalue weighted by Gasteiger charge is -2.37. The quantitative estimate of drug-likeness (QED) is 0.410. The zero-order valence-electron chi connectivity index (χ0n) is 16.7. The van der Waals surface area contributed by atoms with Crippen LogP contribution in [0.25, 0.3) is 0 Å². The lowest BCUT2D eigenvalue weighted by Crippen LogP contribution is -3.61. The Morgan fingerprint density at radius 3 is 1.80 bits per heavy atom. The molecule has 8 heteroatoms. The van der Waals surface area contributed by atoms with E-state index in [1.165, 1.54) is 7.14 Å². The lowest BCUT2D eigenvalue weighted by molar-refractivity contribution is -0.597. The number of ketones is 1. The average Bonchev–Trinajstić information content (AvgIpc) is 2.99. The van der Waals surface area contributed by atoms with Gasteiger partial charge in [0.1, 0.15) is 5.78 Å². The molecule has 0 aromatic heterocycles. The Morgan fingerprint density at radius 1 is 1.00 bits per heavy atom. The molecule has 0 aliphatic heterocycles. The van der Waals surface area contributed by atoms with Crippen LogP contribution in [0.2, 0.25) is 10.0 Å². The summed E-state index contributed by atoms with van der Waals surface area (Å²) in [5, 5.41) is 1.58. The summed E-state index contributed by atoms with van der Waals surface area (Å²) >= 11 is 11.5. The maximum atomic E-state index is 11.8. The van der Waals surface area contributed by atoms with Crippen LogP contribution in [0, 0.1) is 23.9 Å². The van der Waals surface area contributed by atoms with Gasteiger partial charge in [0.2, 0.25) is 0 Å². The standard InChI is InChI=1S/C12H8Cl2I.C10H16O4S/c13-9-1-5-11(6-2-9)15-12-7-3-10(14)4-8-12;1-9(2)7-3-4-10(9,8(11)5-7)6-15(12,13)14/h1-8H;7H,3-6H2,1-2H3,(H,12,13,14)/q+1;/p-1. The van der Waals surface area contributed by atoms with Gasteiger partial charge in [0.05, 0.1) is 15.9 Å². The Labute approximate surface area is 198 Å². The molecule has 2 aromatic carbocycles. The second-order valence-corrected chi connectivity index (χ2v) is 13.6. The van der Waals surface area contributed by atoms with Crippen molar-refractivity contribution in [1.29, 1.82) is 0 Å². The Kier molecular flexibility index (Phi) is 7.24. The second-order valence-electron chi connectivity index (χ2n) is 8.34. The van der Waals surface area contributed by atoms with Crippen molar-refractivity contribution in [2.45, 2.75) is 33.1 Å². The van der Waals surface area contributed by atoms with Crippen molar-refractivity contribution in [3.05, 3.63) is 65.7 Å². The maximum Gasteiger partial charge on any atom is 0.357 e. The van der Waals surface area contributed by atoms with E-state index in [1.807, 2.05) is 38.1 Å². The molecule has 0 saturated heterocycles. The fourth-order valence-corrected chi connectivity index (χ4v) is 8.21. The first kappa shape index (κ1) is 24.0. The highest BCUT2D eigenvalue weighted by atomic mass is 127. The van der Waals surface area contributed by atoms with E-state index in [0.717, 1.165) is 16.5 Å². The molecule has 2 atom stereocenters. The summed E-state index contributed by atoms with van der Waals surface area (Å²) in [6.45, 7) is 3.83. The predicted octanol–water partition coefficient (Wildman–Crippen LogP) is 2.05. The molecule has 0 spiro atoms. The summed E-state index contributed by atoms with van der Waals surface area (Å²) in [7, 11) is -4.33. The Balaban J connectivity index is 0.000000171. The molecule has 2 unspecified atom stereocenters. The van der Waals surface area contributed by atoms with Gasteiger partial charge in [-0.15, -0.1) is 0 Å². The normalized spacial score (nSPS) is 24.4. The van der Waals surface area contributed by atoms with E-state index in [-0.39, 0.29) is 38.3 Å². The molecule has 2 aliphatic rings. The van der Waals surface area contributed by atoms with Gasteiger partial charge < -0.3 is 4.55 Å². The number of rotatable bonds is 4. The number of Topliss-reactive ketones (excluding diaryl/α,β-unsaturated/α-hetero) is 1. The summed E-state index contributed by atoms with van der Waals surface area (Å²) in [5.74, 6) is -0.280. The Hall–Kier alpha value is -0.670. The fraction of sp³-hybridized carbons (Fsp3) is 0.409. The van der Waals surface area contributed by atoms with Gasteiger partial charge in [-0.3, -0.25) is 4.79 Å². The van der Waals surface area contributed by atoms with E-state index in [4.69, 9.17) is 23.2 Å². The van der Waals surface area contributed by atoms with Crippen LogP contribution in [-0.4, -0.2) is 24.5 Å². The first-order chi connectivity index (χ1) is 13.9. The van der Waals surface area contributed by atoms with E-state index < -0.39 is 21.3 Å². The topological polar surface area (TPSA) is 74.3 Å². The molecule has 0 heterocycles. The Morgan fingerprint density at radius 2 is 1.47 bits per heavy atom. The summed E-state index contributed by atoms with van der Waals surface area (Å²) in [6, 6.07) is 16.1. The van der Waals surface area contributed by atoms with E-state index in [2.05, 4.69) is 24.3 Å². The molecular formula is C22H23Cl2IO4S. The van der Waals surface area contributed by atoms with Crippen LogP contribution in [0.3, 0.4) is 0 Å². The largest absolute Gasteiger partial charge is 0.748 e. The van der Waals surface area contributed by atoms with Gasteiger partial charge in [-0.05, 0) is 72.7 Å². The third-order valence-corrected chi connectivity index (χ3v) is 10.4. The van der Waals surface area contributed by atoms with Crippen LogP contribution >= 0.6 is 23.2 Å². The van der Waals surface area contributed by atoms with E-state index in [0.29, 0.717) is 12.8 Å². The summed E-state index contributed by atoms with van der Waals surface area (Å²) in [5.41, 5.74) is -1.22. The molecular weight excluding hydrogens is 558 g/mol. The molecule has 2 bridgehead atoms. The van der Waals surface area contributed by atoms with Crippen LogP contribution < -0.4 is 21.2 Å². The first-order valence-electron chi connectivity index (χ1n) is 9.56. The molecule has 4 rings (SSSR count). The molecule has 0 amide bonds. The summed E-state index contributed by atoms with van der Waals surface area (Å²) in [4.78, 5) is 11.8. The number of halogens is 3. The highest BCUT2D eigenvalue weighted by molar-refractivity contribution is 7.85. The molecule has 162 valence electrons.